The molecular formula is C17H24N2S. The van der Waals surface area contributed by atoms with E-state index >= 15 is 0 Å². The second kappa shape index (κ2) is 7.55. The van der Waals surface area contributed by atoms with Crippen molar-refractivity contribution in [3.05, 3.63) is 51.5 Å². The van der Waals surface area contributed by atoms with Crippen molar-refractivity contribution >= 4 is 11.3 Å². The van der Waals surface area contributed by atoms with Crippen molar-refractivity contribution in [2.45, 2.75) is 46.1 Å². The summed E-state index contributed by atoms with van der Waals surface area (Å²) in [6, 6.07) is 9.34. The van der Waals surface area contributed by atoms with Crippen LogP contribution in [0, 0.1) is 13.8 Å². The van der Waals surface area contributed by atoms with Crippen molar-refractivity contribution in [3.8, 4) is 0 Å². The third-order valence-electron chi connectivity index (χ3n) is 3.37. The Kier molecular flexibility index (Phi) is 5.74. The molecule has 1 unspecified atom stereocenters. The van der Waals surface area contributed by atoms with Gasteiger partial charge < -0.3 is 5.32 Å². The number of hydrogen-bond acceptors (Lipinski definition) is 3. The van der Waals surface area contributed by atoms with Crippen LogP contribution in [0.5, 0.6) is 0 Å². The maximum Gasteiger partial charge on any atom is 0.0943 e. The lowest BCUT2D eigenvalue weighted by atomic mass is 10.0. The lowest BCUT2D eigenvalue weighted by Crippen LogP contribution is -2.33. The van der Waals surface area contributed by atoms with Crippen LogP contribution < -0.4 is 5.32 Å². The summed E-state index contributed by atoms with van der Waals surface area (Å²) in [4.78, 5) is 4.59. The summed E-state index contributed by atoms with van der Waals surface area (Å²) in [6.07, 6.45) is 3.26. The normalized spacial score (nSPS) is 12.6. The fourth-order valence-corrected chi connectivity index (χ4v) is 3.13. The zero-order valence-corrected chi connectivity index (χ0v) is 13.5. The maximum atomic E-state index is 4.59. The Morgan fingerprint density at radius 2 is 1.90 bits per heavy atom. The van der Waals surface area contributed by atoms with Gasteiger partial charge in [0.15, 0.2) is 0 Å². The molecule has 3 heteroatoms. The zero-order chi connectivity index (χ0) is 14.4. The van der Waals surface area contributed by atoms with Crippen molar-refractivity contribution in [1.29, 1.82) is 0 Å². The Bertz CT molecular complexity index is 516. The van der Waals surface area contributed by atoms with E-state index in [2.05, 4.69) is 60.7 Å². The van der Waals surface area contributed by atoms with Gasteiger partial charge in [-0.1, -0.05) is 36.8 Å². The Labute approximate surface area is 126 Å². The maximum absolute atomic E-state index is 4.59. The topological polar surface area (TPSA) is 24.9 Å². The highest BCUT2D eigenvalue weighted by Crippen LogP contribution is 2.14. The van der Waals surface area contributed by atoms with Gasteiger partial charge in [-0.15, -0.1) is 11.3 Å². The predicted octanol–water partition coefficient (Wildman–Crippen LogP) is 3.91. The highest BCUT2D eigenvalue weighted by Gasteiger charge is 2.12. The smallest absolute Gasteiger partial charge is 0.0943 e. The third kappa shape index (κ3) is 4.73. The zero-order valence-electron chi connectivity index (χ0n) is 12.6. The van der Waals surface area contributed by atoms with Gasteiger partial charge in [-0.25, -0.2) is 4.98 Å². The summed E-state index contributed by atoms with van der Waals surface area (Å²) >= 11 is 1.77. The van der Waals surface area contributed by atoms with Crippen LogP contribution in [0.25, 0.3) is 0 Å². The molecule has 2 nitrogen and oxygen atoms in total. The first-order chi connectivity index (χ1) is 9.67. The average Bonchev–Trinajstić information content (AvgIpc) is 2.84. The number of rotatable bonds is 7. The van der Waals surface area contributed by atoms with Crippen LogP contribution in [0.15, 0.2) is 29.6 Å². The van der Waals surface area contributed by atoms with Gasteiger partial charge in [-0.2, -0.15) is 0 Å². The van der Waals surface area contributed by atoms with Crippen LogP contribution >= 0.6 is 11.3 Å². The quantitative estimate of drug-likeness (QED) is 0.835. The van der Waals surface area contributed by atoms with Crippen LogP contribution in [0.3, 0.4) is 0 Å². The fourth-order valence-electron chi connectivity index (χ4n) is 2.28. The van der Waals surface area contributed by atoms with Gasteiger partial charge >= 0.3 is 0 Å². The van der Waals surface area contributed by atoms with E-state index in [-0.39, 0.29) is 0 Å². The molecule has 1 aromatic heterocycles. The molecule has 0 fully saturated rings. The molecule has 1 aromatic carbocycles. The summed E-state index contributed by atoms with van der Waals surface area (Å²) < 4.78 is 0. The molecule has 0 radical (unpaired) electrons. The third-order valence-corrected chi connectivity index (χ3v) is 4.36. The number of aromatic nitrogens is 1. The van der Waals surface area contributed by atoms with Gasteiger partial charge in [0.2, 0.25) is 0 Å². The Morgan fingerprint density at radius 3 is 2.50 bits per heavy atom. The molecule has 0 saturated carbocycles. The summed E-state index contributed by atoms with van der Waals surface area (Å²) in [6.45, 7) is 7.48. The van der Waals surface area contributed by atoms with Crippen molar-refractivity contribution in [2.75, 3.05) is 6.54 Å². The largest absolute Gasteiger partial charge is 0.313 e. The standard InChI is InChI=1S/C17H24N2S/c1-4-9-18-16(11-17-19-14(3)12-20-17)10-15-7-5-13(2)6-8-15/h5-8,12,16,18H,4,9-11H2,1-3H3. The summed E-state index contributed by atoms with van der Waals surface area (Å²) in [7, 11) is 0. The van der Waals surface area contributed by atoms with Gasteiger partial charge in [0.1, 0.15) is 0 Å². The van der Waals surface area contributed by atoms with Crippen molar-refractivity contribution in [1.82, 2.24) is 10.3 Å². The Hall–Kier alpha value is -1.19. The molecule has 0 aliphatic rings. The first-order valence-electron chi connectivity index (χ1n) is 7.37. The molecule has 108 valence electrons. The monoisotopic (exact) mass is 288 g/mol. The van der Waals surface area contributed by atoms with E-state index in [0.717, 1.165) is 25.1 Å². The van der Waals surface area contributed by atoms with E-state index in [1.165, 1.54) is 22.6 Å². The van der Waals surface area contributed by atoms with Crippen molar-refractivity contribution < 1.29 is 0 Å². The van der Waals surface area contributed by atoms with Crippen molar-refractivity contribution in [2.24, 2.45) is 0 Å². The molecule has 2 rings (SSSR count). The number of nitrogens with one attached hydrogen (secondary N) is 1. The second-order valence-corrected chi connectivity index (χ2v) is 6.37. The Balaban J connectivity index is 2.00. The minimum absolute atomic E-state index is 0.475. The minimum atomic E-state index is 0.475. The second-order valence-electron chi connectivity index (χ2n) is 5.43. The molecule has 0 saturated heterocycles. The predicted molar refractivity (Wildman–Crippen MR) is 87.5 cm³/mol. The van der Waals surface area contributed by atoms with Crippen molar-refractivity contribution in [3.63, 3.8) is 0 Å². The first-order valence-corrected chi connectivity index (χ1v) is 8.25. The van der Waals surface area contributed by atoms with Gasteiger partial charge in [-0.3, -0.25) is 0 Å². The van der Waals surface area contributed by atoms with Crippen LogP contribution in [-0.4, -0.2) is 17.6 Å². The van der Waals surface area contributed by atoms with Gasteiger partial charge in [0, 0.05) is 23.5 Å². The minimum Gasteiger partial charge on any atom is -0.313 e. The molecule has 0 bridgehead atoms. The van der Waals surface area contributed by atoms with Crippen LogP contribution in [0.4, 0.5) is 0 Å². The van der Waals surface area contributed by atoms with E-state index in [0.29, 0.717) is 6.04 Å². The van der Waals surface area contributed by atoms with Crippen LogP contribution in [0.1, 0.15) is 35.2 Å². The SMILES string of the molecule is CCCNC(Cc1ccc(C)cc1)Cc1nc(C)cs1. The molecule has 0 spiro atoms. The molecule has 0 aliphatic heterocycles. The highest BCUT2D eigenvalue weighted by molar-refractivity contribution is 7.09. The number of hydrogen-bond donors (Lipinski definition) is 1. The number of nitrogens with zero attached hydrogens (tertiary/aromatic N) is 1. The lowest BCUT2D eigenvalue weighted by Gasteiger charge is -2.17. The molecule has 0 aliphatic carbocycles. The van der Waals surface area contributed by atoms with E-state index in [9.17, 15) is 0 Å². The molecule has 1 atom stereocenters. The Morgan fingerprint density at radius 1 is 1.15 bits per heavy atom. The van der Waals surface area contributed by atoms with Gasteiger partial charge in [0.25, 0.3) is 0 Å². The molecule has 1 heterocycles. The summed E-state index contributed by atoms with van der Waals surface area (Å²) in [5.74, 6) is 0. The lowest BCUT2D eigenvalue weighted by molar-refractivity contribution is 0.503. The molecule has 1 N–H and O–H groups in total. The number of thiazole rings is 1. The van der Waals surface area contributed by atoms with Gasteiger partial charge in [-0.05, 0) is 38.8 Å². The first kappa shape index (κ1) is 15.2. The van der Waals surface area contributed by atoms with Crippen LogP contribution in [0.2, 0.25) is 0 Å². The molecule has 0 amide bonds. The van der Waals surface area contributed by atoms with Gasteiger partial charge in [0.05, 0.1) is 5.01 Å². The highest BCUT2D eigenvalue weighted by atomic mass is 32.1. The average molecular weight is 288 g/mol. The van der Waals surface area contributed by atoms with Crippen LogP contribution in [-0.2, 0) is 12.8 Å². The molecule has 20 heavy (non-hydrogen) atoms. The van der Waals surface area contributed by atoms with E-state index < -0.39 is 0 Å². The molecule has 2 aromatic rings. The van der Waals surface area contributed by atoms with E-state index in [4.69, 9.17) is 0 Å². The summed E-state index contributed by atoms with van der Waals surface area (Å²) in [5.41, 5.74) is 3.86. The number of aryl methyl sites for hydroxylation is 2. The molecular weight excluding hydrogens is 264 g/mol. The van der Waals surface area contributed by atoms with E-state index in [1.54, 1.807) is 11.3 Å². The number of benzene rings is 1. The van der Waals surface area contributed by atoms with E-state index in [1.807, 2.05) is 0 Å². The fraction of sp³-hybridized carbons (Fsp3) is 0.471. The summed E-state index contributed by atoms with van der Waals surface area (Å²) in [5, 5.41) is 7.03.